The number of nitrogen functional groups attached to an aromatic ring is 1. The van der Waals surface area contributed by atoms with Crippen LogP contribution in [0.25, 0.3) is 10.9 Å². The van der Waals surface area contributed by atoms with Crippen molar-refractivity contribution in [2.45, 2.75) is 30.6 Å². The average Bonchev–Trinajstić information content (AvgIpc) is 3.07. The number of aromatic amines is 1. The van der Waals surface area contributed by atoms with Gasteiger partial charge in [0.25, 0.3) is 0 Å². The predicted octanol–water partition coefficient (Wildman–Crippen LogP) is 2.56. The lowest BCUT2D eigenvalue weighted by atomic mass is 10.1. The second-order valence-electron chi connectivity index (χ2n) is 5.89. The van der Waals surface area contributed by atoms with Gasteiger partial charge in [-0.15, -0.1) is 0 Å². The monoisotopic (exact) mass is 307 g/mol. The van der Waals surface area contributed by atoms with E-state index in [1.54, 1.807) is 31.4 Å². The summed E-state index contributed by atoms with van der Waals surface area (Å²) in [5, 5.41) is 0.660. The Morgan fingerprint density at radius 1 is 1.33 bits per heavy atom. The van der Waals surface area contributed by atoms with E-state index < -0.39 is 10.0 Å². The lowest BCUT2D eigenvalue weighted by Crippen LogP contribution is -2.31. The molecule has 0 unspecified atom stereocenters. The van der Waals surface area contributed by atoms with Gasteiger partial charge in [0.2, 0.25) is 10.0 Å². The SMILES string of the molecule is CN(CC1CCCC1)S(=O)(=O)c1c[nH]c2ccc(N)cc12. The number of benzene rings is 1. The summed E-state index contributed by atoms with van der Waals surface area (Å²) in [7, 11) is -1.81. The van der Waals surface area contributed by atoms with Crippen molar-refractivity contribution in [3.63, 3.8) is 0 Å². The van der Waals surface area contributed by atoms with E-state index in [0.29, 0.717) is 28.4 Å². The van der Waals surface area contributed by atoms with Gasteiger partial charge < -0.3 is 10.7 Å². The van der Waals surface area contributed by atoms with Gasteiger partial charge in [-0.25, -0.2) is 12.7 Å². The molecule has 5 nitrogen and oxygen atoms in total. The lowest BCUT2D eigenvalue weighted by molar-refractivity contribution is 0.387. The summed E-state index contributed by atoms with van der Waals surface area (Å²) in [6, 6.07) is 5.28. The second-order valence-corrected chi connectivity index (χ2v) is 7.91. The zero-order valence-electron chi connectivity index (χ0n) is 12.2. The molecular weight excluding hydrogens is 286 g/mol. The summed E-state index contributed by atoms with van der Waals surface area (Å²) in [5.41, 5.74) is 7.14. The average molecular weight is 307 g/mol. The molecule has 114 valence electrons. The maximum atomic E-state index is 12.8. The van der Waals surface area contributed by atoms with Crippen LogP contribution in [0.5, 0.6) is 0 Å². The molecule has 1 aromatic carbocycles. The van der Waals surface area contributed by atoms with Crippen molar-refractivity contribution < 1.29 is 8.42 Å². The van der Waals surface area contributed by atoms with Gasteiger partial charge in [0.1, 0.15) is 4.90 Å². The summed E-state index contributed by atoms with van der Waals surface area (Å²) in [4.78, 5) is 3.32. The molecule has 1 aliphatic rings. The number of nitrogens with one attached hydrogen (secondary N) is 1. The van der Waals surface area contributed by atoms with Gasteiger partial charge in [0.05, 0.1) is 0 Å². The molecule has 6 heteroatoms. The van der Waals surface area contributed by atoms with Gasteiger partial charge >= 0.3 is 0 Å². The third kappa shape index (κ3) is 2.65. The fourth-order valence-electron chi connectivity index (χ4n) is 3.15. The Morgan fingerprint density at radius 2 is 2.05 bits per heavy atom. The molecular formula is C15H21N3O2S. The number of sulfonamides is 1. The Bertz CT molecular complexity index is 745. The number of hydrogen-bond donors (Lipinski definition) is 2. The fraction of sp³-hybridized carbons (Fsp3) is 0.467. The Balaban J connectivity index is 1.93. The molecule has 3 N–H and O–H groups in total. The number of aromatic nitrogens is 1. The zero-order chi connectivity index (χ0) is 15.0. The number of anilines is 1. The molecule has 1 fully saturated rings. The molecule has 0 radical (unpaired) electrons. The molecule has 1 heterocycles. The van der Waals surface area contributed by atoms with Crippen molar-refractivity contribution in [1.82, 2.24) is 9.29 Å². The molecule has 2 aromatic rings. The van der Waals surface area contributed by atoms with E-state index in [0.717, 1.165) is 18.4 Å². The summed E-state index contributed by atoms with van der Waals surface area (Å²) in [6.07, 6.45) is 6.23. The molecule has 1 aliphatic carbocycles. The Kier molecular flexibility index (Phi) is 3.67. The number of nitrogens with two attached hydrogens (primary N) is 1. The first kappa shape index (κ1) is 14.4. The standard InChI is InChI=1S/C15H21N3O2S/c1-18(10-11-4-2-3-5-11)21(19,20)15-9-17-14-7-6-12(16)8-13(14)15/h6-9,11,17H,2-5,10,16H2,1H3. The van der Waals surface area contributed by atoms with Crippen molar-refractivity contribution >= 4 is 26.6 Å². The molecule has 21 heavy (non-hydrogen) atoms. The van der Waals surface area contributed by atoms with E-state index in [1.165, 1.54) is 17.1 Å². The quantitative estimate of drug-likeness (QED) is 0.852. The van der Waals surface area contributed by atoms with Crippen LogP contribution in [0, 0.1) is 5.92 Å². The predicted molar refractivity (Wildman–Crippen MR) is 84.5 cm³/mol. The van der Waals surface area contributed by atoms with Crippen LogP contribution in [0.4, 0.5) is 5.69 Å². The number of nitrogens with zero attached hydrogens (tertiary/aromatic N) is 1. The first-order valence-corrected chi connectivity index (χ1v) is 8.75. The Hall–Kier alpha value is -1.53. The minimum absolute atomic E-state index is 0.310. The van der Waals surface area contributed by atoms with Gasteiger partial charge in [-0.1, -0.05) is 12.8 Å². The van der Waals surface area contributed by atoms with Crippen LogP contribution in [0.15, 0.2) is 29.3 Å². The smallest absolute Gasteiger partial charge is 0.244 e. The summed E-state index contributed by atoms with van der Waals surface area (Å²) >= 11 is 0. The largest absolute Gasteiger partial charge is 0.399 e. The molecule has 0 bridgehead atoms. The molecule has 1 saturated carbocycles. The van der Waals surface area contributed by atoms with E-state index >= 15 is 0 Å². The van der Waals surface area contributed by atoms with Crippen molar-refractivity contribution in [1.29, 1.82) is 0 Å². The first-order chi connectivity index (χ1) is 9.98. The van der Waals surface area contributed by atoms with Crippen LogP contribution < -0.4 is 5.73 Å². The summed E-state index contributed by atoms with van der Waals surface area (Å²) in [5.74, 6) is 0.486. The highest BCUT2D eigenvalue weighted by Gasteiger charge is 2.27. The van der Waals surface area contributed by atoms with E-state index in [-0.39, 0.29) is 0 Å². The van der Waals surface area contributed by atoms with Crippen LogP contribution in [0.1, 0.15) is 25.7 Å². The maximum Gasteiger partial charge on any atom is 0.244 e. The summed E-state index contributed by atoms with van der Waals surface area (Å²) in [6.45, 7) is 0.595. The molecule has 0 saturated heterocycles. The molecule has 0 amide bonds. The van der Waals surface area contributed by atoms with E-state index in [1.807, 2.05) is 0 Å². The summed E-state index contributed by atoms with van der Waals surface area (Å²) < 4.78 is 27.0. The minimum Gasteiger partial charge on any atom is -0.399 e. The first-order valence-electron chi connectivity index (χ1n) is 7.31. The minimum atomic E-state index is -3.48. The van der Waals surface area contributed by atoms with E-state index in [4.69, 9.17) is 5.73 Å². The van der Waals surface area contributed by atoms with Gasteiger partial charge in [0.15, 0.2) is 0 Å². The highest BCUT2D eigenvalue weighted by Crippen LogP contribution is 2.30. The van der Waals surface area contributed by atoms with E-state index in [9.17, 15) is 8.42 Å². The Labute approximate surface area is 125 Å². The van der Waals surface area contributed by atoms with Crippen LogP contribution in [0.2, 0.25) is 0 Å². The molecule has 0 spiro atoms. The zero-order valence-corrected chi connectivity index (χ0v) is 13.0. The molecule has 0 aliphatic heterocycles. The molecule has 1 aromatic heterocycles. The number of fused-ring (bicyclic) bond motifs is 1. The van der Waals surface area contributed by atoms with Crippen molar-refractivity contribution in [2.75, 3.05) is 19.3 Å². The normalized spacial score (nSPS) is 17.0. The van der Waals surface area contributed by atoms with Crippen LogP contribution in [0.3, 0.4) is 0 Å². The fourth-order valence-corrected chi connectivity index (χ4v) is 4.55. The Morgan fingerprint density at radius 3 is 2.76 bits per heavy atom. The van der Waals surface area contributed by atoms with Gasteiger partial charge in [-0.2, -0.15) is 0 Å². The number of rotatable bonds is 4. The highest BCUT2D eigenvalue weighted by atomic mass is 32.2. The van der Waals surface area contributed by atoms with Crippen molar-refractivity contribution in [3.05, 3.63) is 24.4 Å². The maximum absolute atomic E-state index is 12.8. The van der Waals surface area contributed by atoms with Crippen LogP contribution >= 0.6 is 0 Å². The van der Waals surface area contributed by atoms with Crippen molar-refractivity contribution in [3.8, 4) is 0 Å². The van der Waals surface area contributed by atoms with E-state index in [2.05, 4.69) is 4.98 Å². The topological polar surface area (TPSA) is 79.2 Å². The number of H-pyrrole nitrogens is 1. The van der Waals surface area contributed by atoms with Crippen molar-refractivity contribution in [2.24, 2.45) is 5.92 Å². The van der Waals surface area contributed by atoms with Gasteiger partial charge in [-0.3, -0.25) is 0 Å². The van der Waals surface area contributed by atoms with Gasteiger partial charge in [0, 0.05) is 36.4 Å². The highest BCUT2D eigenvalue weighted by molar-refractivity contribution is 7.89. The van der Waals surface area contributed by atoms with Crippen LogP contribution in [-0.2, 0) is 10.0 Å². The third-order valence-electron chi connectivity index (χ3n) is 4.35. The number of hydrogen-bond acceptors (Lipinski definition) is 3. The second kappa shape index (κ2) is 5.35. The lowest BCUT2D eigenvalue weighted by Gasteiger charge is -2.20. The van der Waals surface area contributed by atoms with Crippen LogP contribution in [-0.4, -0.2) is 31.3 Å². The molecule has 3 rings (SSSR count). The molecule has 0 atom stereocenters. The third-order valence-corrected chi connectivity index (χ3v) is 6.21. The van der Waals surface area contributed by atoms with Gasteiger partial charge in [-0.05, 0) is 37.0 Å².